The Balaban J connectivity index is 2.57. The van der Waals surface area contributed by atoms with Gasteiger partial charge in [0, 0.05) is 12.1 Å². The van der Waals surface area contributed by atoms with Gasteiger partial charge in [0.1, 0.15) is 0 Å². The molecule has 0 aliphatic carbocycles. The van der Waals surface area contributed by atoms with Crippen LogP contribution in [-0.4, -0.2) is 6.54 Å². The van der Waals surface area contributed by atoms with Crippen LogP contribution in [0.3, 0.4) is 0 Å². The minimum Gasteiger partial charge on any atom is -0.302 e. The van der Waals surface area contributed by atoms with Crippen molar-refractivity contribution in [3.05, 3.63) is 35.4 Å². The summed E-state index contributed by atoms with van der Waals surface area (Å²) in [6.45, 7) is 2.50. The first-order valence-electron chi connectivity index (χ1n) is 4.29. The molecule has 0 aromatic heterocycles. The first-order valence-corrected chi connectivity index (χ1v) is 4.29. The van der Waals surface area contributed by atoms with Crippen LogP contribution >= 0.6 is 0 Å². The van der Waals surface area contributed by atoms with Gasteiger partial charge in [-0.1, -0.05) is 18.1 Å². The van der Waals surface area contributed by atoms with E-state index in [9.17, 15) is 8.78 Å². The van der Waals surface area contributed by atoms with Crippen LogP contribution in [0, 0.1) is 23.5 Å². The summed E-state index contributed by atoms with van der Waals surface area (Å²) >= 11 is 0. The molecule has 1 aromatic carbocycles. The first kappa shape index (κ1) is 10.7. The van der Waals surface area contributed by atoms with Crippen LogP contribution < -0.4 is 5.32 Å². The van der Waals surface area contributed by atoms with E-state index in [1.807, 2.05) is 0 Å². The summed E-state index contributed by atoms with van der Waals surface area (Å²) in [6, 6.07) is 4.14. The average Bonchev–Trinajstić information content (AvgIpc) is 2.19. The van der Waals surface area contributed by atoms with E-state index in [0.717, 1.165) is 6.07 Å². The molecule has 0 saturated heterocycles. The van der Waals surface area contributed by atoms with Crippen molar-refractivity contribution in [1.82, 2.24) is 5.32 Å². The highest BCUT2D eigenvalue weighted by Crippen LogP contribution is 2.10. The fourth-order valence-electron chi connectivity index (χ4n) is 1.03. The molecule has 1 aromatic rings. The molecule has 74 valence electrons. The molecule has 1 N–H and O–H groups in total. The Kier molecular flexibility index (Phi) is 4.09. The lowest BCUT2D eigenvalue weighted by atomic mass is 10.2. The molecule has 0 spiro atoms. The number of nitrogens with one attached hydrogen (secondary N) is 1. The van der Waals surface area contributed by atoms with Gasteiger partial charge in [-0.05, 0) is 13.0 Å². The minimum atomic E-state index is -0.814. The first-order chi connectivity index (χ1) is 6.75. The van der Waals surface area contributed by atoms with Crippen molar-refractivity contribution in [2.75, 3.05) is 6.54 Å². The summed E-state index contributed by atoms with van der Waals surface area (Å²) in [7, 11) is 0. The molecule has 0 atom stereocenters. The number of rotatable bonds is 3. The zero-order chi connectivity index (χ0) is 10.4. The van der Waals surface area contributed by atoms with E-state index in [2.05, 4.69) is 17.2 Å². The average molecular weight is 195 g/mol. The third-order valence-corrected chi connectivity index (χ3v) is 1.74. The number of hydrogen-bond donors (Lipinski definition) is 1. The maximum atomic E-state index is 13.1. The Bertz CT molecular complexity index is 363. The van der Waals surface area contributed by atoms with Gasteiger partial charge in [-0.15, -0.1) is 5.92 Å². The lowest BCUT2D eigenvalue weighted by Crippen LogP contribution is -2.14. The van der Waals surface area contributed by atoms with Crippen LogP contribution in [0.15, 0.2) is 18.2 Å². The third kappa shape index (κ3) is 2.82. The van der Waals surface area contributed by atoms with E-state index < -0.39 is 11.6 Å². The molecule has 0 aliphatic rings. The molecule has 0 saturated carbocycles. The van der Waals surface area contributed by atoms with Gasteiger partial charge in [-0.3, -0.25) is 0 Å². The van der Waals surface area contributed by atoms with E-state index in [1.54, 1.807) is 13.0 Å². The molecule has 0 amide bonds. The number of benzene rings is 1. The van der Waals surface area contributed by atoms with E-state index >= 15 is 0 Å². The monoisotopic (exact) mass is 195 g/mol. The van der Waals surface area contributed by atoms with Gasteiger partial charge in [0.2, 0.25) is 0 Å². The second kappa shape index (κ2) is 5.36. The molecule has 0 fully saturated rings. The SMILES string of the molecule is CC#CCNCc1cccc(F)c1F. The molecule has 14 heavy (non-hydrogen) atoms. The number of hydrogen-bond acceptors (Lipinski definition) is 1. The Morgan fingerprint density at radius 3 is 2.86 bits per heavy atom. The fraction of sp³-hybridized carbons (Fsp3) is 0.273. The summed E-state index contributed by atoms with van der Waals surface area (Å²) in [4.78, 5) is 0. The van der Waals surface area contributed by atoms with Gasteiger partial charge in [-0.2, -0.15) is 0 Å². The Morgan fingerprint density at radius 1 is 1.36 bits per heavy atom. The molecule has 1 rings (SSSR count). The summed E-state index contributed by atoms with van der Waals surface area (Å²) in [6.07, 6.45) is 0. The van der Waals surface area contributed by atoms with Gasteiger partial charge < -0.3 is 5.32 Å². The van der Waals surface area contributed by atoms with Crippen LogP contribution in [0.2, 0.25) is 0 Å². The van der Waals surface area contributed by atoms with E-state index in [4.69, 9.17) is 0 Å². The molecule has 1 nitrogen and oxygen atoms in total. The van der Waals surface area contributed by atoms with Crippen LogP contribution in [0.4, 0.5) is 8.78 Å². The lowest BCUT2D eigenvalue weighted by molar-refractivity contribution is 0.495. The summed E-state index contributed by atoms with van der Waals surface area (Å²) in [5, 5.41) is 2.89. The van der Waals surface area contributed by atoms with Gasteiger partial charge in [-0.25, -0.2) is 8.78 Å². The van der Waals surface area contributed by atoms with Gasteiger partial charge in [0.25, 0.3) is 0 Å². The van der Waals surface area contributed by atoms with Gasteiger partial charge in [0.15, 0.2) is 11.6 Å². The topological polar surface area (TPSA) is 12.0 Å². The lowest BCUT2D eigenvalue weighted by Gasteiger charge is -2.03. The molecular formula is C11H11F2N. The Labute approximate surface area is 82.1 Å². The highest BCUT2D eigenvalue weighted by atomic mass is 19.2. The van der Waals surface area contributed by atoms with Crippen molar-refractivity contribution in [2.45, 2.75) is 13.5 Å². The highest BCUT2D eigenvalue weighted by Gasteiger charge is 2.05. The van der Waals surface area contributed by atoms with Crippen LogP contribution in [0.5, 0.6) is 0 Å². The van der Waals surface area contributed by atoms with Crippen molar-refractivity contribution in [3.8, 4) is 11.8 Å². The summed E-state index contributed by atoms with van der Waals surface area (Å²) in [5.74, 6) is 3.87. The summed E-state index contributed by atoms with van der Waals surface area (Å²) < 4.78 is 25.8. The molecule has 0 heterocycles. The van der Waals surface area contributed by atoms with E-state index in [0.29, 0.717) is 12.1 Å². The quantitative estimate of drug-likeness (QED) is 0.575. The largest absolute Gasteiger partial charge is 0.302 e. The molecule has 0 unspecified atom stereocenters. The van der Waals surface area contributed by atoms with Crippen LogP contribution in [0.1, 0.15) is 12.5 Å². The van der Waals surface area contributed by atoms with Crippen molar-refractivity contribution < 1.29 is 8.78 Å². The Morgan fingerprint density at radius 2 is 2.14 bits per heavy atom. The van der Waals surface area contributed by atoms with Gasteiger partial charge >= 0.3 is 0 Å². The standard InChI is InChI=1S/C11H11F2N/c1-2-3-7-14-8-9-5-4-6-10(12)11(9)13/h4-6,14H,7-8H2,1H3. The van der Waals surface area contributed by atoms with Crippen molar-refractivity contribution in [1.29, 1.82) is 0 Å². The van der Waals surface area contributed by atoms with E-state index in [1.165, 1.54) is 6.07 Å². The molecule has 0 aliphatic heterocycles. The van der Waals surface area contributed by atoms with Crippen molar-refractivity contribution >= 4 is 0 Å². The van der Waals surface area contributed by atoms with Gasteiger partial charge in [0.05, 0.1) is 6.54 Å². The van der Waals surface area contributed by atoms with Crippen LogP contribution in [0.25, 0.3) is 0 Å². The smallest absolute Gasteiger partial charge is 0.163 e. The Hall–Kier alpha value is -1.40. The van der Waals surface area contributed by atoms with Crippen LogP contribution in [-0.2, 0) is 6.54 Å². The highest BCUT2D eigenvalue weighted by molar-refractivity contribution is 5.18. The zero-order valence-electron chi connectivity index (χ0n) is 7.90. The van der Waals surface area contributed by atoms with E-state index in [-0.39, 0.29) is 6.54 Å². The minimum absolute atomic E-state index is 0.290. The predicted octanol–water partition coefficient (Wildman–Crippen LogP) is 2.08. The zero-order valence-corrected chi connectivity index (χ0v) is 7.90. The maximum absolute atomic E-state index is 13.1. The molecule has 0 bridgehead atoms. The second-order valence-corrected chi connectivity index (χ2v) is 2.74. The van der Waals surface area contributed by atoms with Crippen molar-refractivity contribution in [3.63, 3.8) is 0 Å². The summed E-state index contributed by atoms with van der Waals surface area (Å²) in [5.41, 5.74) is 0.322. The fourth-order valence-corrected chi connectivity index (χ4v) is 1.03. The second-order valence-electron chi connectivity index (χ2n) is 2.74. The van der Waals surface area contributed by atoms with Crippen molar-refractivity contribution in [2.24, 2.45) is 0 Å². The maximum Gasteiger partial charge on any atom is 0.163 e. The third-order valence-electron chi connectivity index (χ3n) is 1.74. The molecule has 0 radical (unpaired) electrons. The molecule has 3 heteroatoms. The molecular weight excluding hydrogens is 184 g/mol. The predicted molar refractivity (Wildman–Crippen MR) is 51.5 cm³/mol. The normalized spacial score (nSPS) is 9.36. The number of halogens is 2.